The van der Waals surface area contributed by atoms with Gasteiger partial charge in [0.2, 0.25) is 5.89 Å². The molecule has 0 atom stereocenters. The third-order valence-corrected chi connectivity index (χ3v) is 12.3. The lowest BCUT2D eigenvalue weighted by Crippen LogP contribution is -2.48. The first-order valence-corrected chi connectivity index (χ1v) is 18.5. The maximum atomic E-state index is 6.59. The van der Waals surface area contributed by atoms with E-state index in [2.05, 4.69) is 108 Å². The monoisotopic (exact) mass is 662 g/mol. The lowest BCUT2D eigenvalue weighted by Gasteiger charge is -2.57. The van der Waals surface area contributed by atoms with E-state index in [1.807, 2.05) is 36.4 Å². The van der Waals surface area contributed by atoms with Crippen molar-refractivity contribution in [2.75, 3.05) is 4.90 Å². The van der Waals surface area contributed by atoms with Crippen LogP contribution in [0.2, 0.25) is 0 Å². The van der Waals surface area contributed by atoms with Gasteiger partial charge in [-0.05, 0) is 139 Å². The number of aromatic nitrogens is 1. The molecule has 51 heavy (non-hydrogen) atoms. The van der Waals surface area contributed by atoms with Gasteiger partial charge in [-0.25, -0.2) is 4.98 Å². The van der Waals surface area contributed by atoms with E-state index in [0.717, 1.165) is 73.4 Å². The van der Waals surface area contributed by atoms with Gasteiger partial charge in [0, 0.05) is 39.5 Å². The minimum Gasteiger partial charge on any atom is -0.456 e. The van der Waals surface area contributed by atoms with Crippen molar-refractivity contribution < 1.29 is 8.83 Å². The predicted molar refractivity (Wildman–Crippen MR) is 207 cm³/mol. The molecule has 8 aromatic rings. The molecule has 4 aliphatic carbocycles. The highest BCUT2D eigenvalue weighted by Gasteiger charge is 2.51. The molecule has 0 radical (unpaired) electrons. The highest BCUT2D eigenvalue weighted by atomic mass is 16.3. The van der Waals surface area contributed by atoms with E-state index in [-0.39, 0.29) is 0 Å². The molecule has 0 unspecified atom stereocenters. The van der Waals surface area contributed by atoms with Gasteiger partial charge in [0.15, 0.2) is 5.58 Å². The zero-order valence-electron chi connectivity index (χ0n) is 28.5. The standard InChI is InChI=1S/C47H38N2O2/c1-2-7-33(8-3-1)34-13-17-36(18-14-34)49(37-19-15-35(16-20-37)47-27-30-23-31(28-47)25-32(24-30)29-47)38-21-22-39-44(26-38)50-43-12-6-9-40(45(39)43)46-48-41-10-4-5-11-42(41)51-46/h1-22,26,30-32H,23-25,27-29H2. The summed E-state index contributed by atoms with van der Waals surface area (Å²) in [6.07, 6.45) is 8.51. The Morgan fingerprint density at radius 1 is 0.529 bits per heavy atom. The Hall–Kier alpha value is -5.61. The molecule has 0 aliphatic heterocycles. The van der Waals surface area contributed by atoms with Crippen molar-refractivity contribution in [3.63, 3.8) is 0 Å². The van der Waals surface area contributed by atoms with Crippen molar-refractivity contribution in [2.45, 2.75) is 43.9 Å². The fourth-order valence-corrected chi connectivity index (χ4v) is 10.4. The van der Waals surface area contributed by atoms with E-state index in [1.165, 1.54) is 49.7 Å². The topological polar surface area (TPSA) is 42.4 Å². The van der Waals surface area contributed by atoms with Crippen LogP contribution in [0, 0.1) is 17.8 Å². The number of oxazole rings is 1. The first-order chi connectivity index (χ1) is 25.2. The molecule has 4 nitrogen and oxygen atoms in total. The summed E-state index contributed by atoms with van der Waals surface area (Å²) in [5, 5.41) is 2.06. The van der Waals surface area contributed by atoms with Gasteiger partial charge >= 0.3 is 0 Å². The number of benzene rings is 6. The molecule has 2 heterocycles. The van der Waals surface area contributed by atoms with Crippen molar-refractivity contribution in [3.05, 3.63) is 145 Å². The van der Waals surface area contributed by atoms with Crippen LogP contribution in [0.5, 0.6) is 0 Å². The number of anilines is 3. The molecule has 12 rings (SSSR count). The Kier molecular flexibility index (Phi) is 6.40. The fraction of sp³-hybridized carbons (Fsp3) is 0.213. The lowest BCUT2D eigenvalue weighted by molar-refractivity contribution is -0.00518. The maximum Gasteiger partial charge on any atom is 0.228 e. The van der Waals surface area contributed by atoms with Crippen molar-refractivity contribution in [3.8, 4) is 22.6 Å². The van der Waals surface area contributed by atoms with E-state index in [0.29, 0.717) is 11.3 Å². The van der Waals surface area contributed by atoms with Crippen molar-refractivity contribution in [2.24, 2.45) is 17.8 Å². The number of hydrogen-bond donors (Lipinski definition) is 0. The molecule has 4 saturated carbocycles. The molecule has 4 fully saturated rings. The average Bonchev–Trinajstić information content (AvgIpc) is 3.77. The normalized spacial score (nSPS) is 22.3. The third kappa shape index (κ3) is 4.76. The number of nitrogens with zero attached hydrogens (tertiary/aromatic N) is 2. The minimum absolute atomic E-state index is 0.370. The SMILES string of the molecule is c1ccc(-c2ccc(N(c3ccc(C45CC6CC(CC(C6)C4)C5)cc3)c3ccc4c(c3)oc3cccc(-c5nc6ccccc6o5)c34)cc2)cc1. The summed E-state index contributed by atoms with van der Waals surface area (Å²) in [6.45, 7) is 0. The molecular formula is C47H38N2O2. The predicted octanol–water partition coefficient (Wildman–Crippen LogP) is 13.0. The molecule has 248 valence electrons. The van der Waals surface area contributed by atoms with Crippen LogP contribution in [0.15, 0.2) is 148 Å². The van der Waals surface area contributed by atoms with Crippen molar-refractivity contribution in [1.82, 2.24) is 4.98 Å². The zero-order valence-corrected chi connectivity index (χ0v) is 28.5. The second-order valence-corrected chi connectivity index (χ2v) is 15.4. The van der Waals surface area contributed by atoms with Gasteiger partial charge in [-0.3, -0.25) is 0 Å². The molecular weight excluding hydrogens is 625 g/mol. The third-order valence-electron chi connectivity index (χ3n) is 12.3. The number of fused-ring (bicyclic) bond motifs is 4. The highest BCUT2D eigenvalue weighted by molar-refractivity contribution is 6.12. The lowest BCUT2D eigenvalue weighted by atomic mass is 9.48. The van der Waals surface area contributed by atoms with Crippen LogP contribution in [-0.4, -0.2) is 4.98 Å². The van der Waals surface area contributed by atoms with Crippen LogP contribution >= 0.6 is 0 Å². The minimum atomic E-state index is 0.370. The van der Waals surface area contributed by atoms with Gasteiger partial charge in [-0.1, -0.05) is 72.8 Å². The van der Waals surface area contributed by atoms with Gasteiger partial charge < -0.3 is 13.7 Å². The van der Waals surface area contributed by atoms with E-state index in [4.69, 9.17) is 13.8 Å². The molecule has 0 saturated heterocycles. The van der Waals surface area contributed by atoms with Crippen LogP contribution in [-0.2, 0) is 5.41 Å². The van der Waals surface area contributed by atoms with Crippen LogP contribution < -0.4 is 4.90 Å². The second kappa shape index (κ2) is 11.2. The number of furan rings is 1. The summed E-state index contributed by atoms with van der Waals surface area (Å²) in [5.74, 6) is 3.38. The molecule has 0 N–H and O–H groups in total. The Morgan fingerprint density at radius 2 is 1.16 bits per heavy atom. The Bertz CT molecular complexity index is 2490. The zero-order chi connectivity index (χ0) is 33.5. The first kappa shape index (κ1) is 29.2. The quantitative estimate of drug-likeness (QED) is 0.178. The van der Waals surface area contributed by atoms with Crippen molar-refractivity contribution in [1.29, 1.82) is 0 Å². The Balaban J connectivity index is 1.02. The molecule has 4 heteroatoms. The van der Waals surface area contributed by atoms with Gasteiger partial charge in [0.05, 0.1) is 0 Å². The molecule has 0 amide bonds. The van der Waals surface area contributed by atoms with Crippen LogP contribution in [0.25, 0.3) is 55.6 Å². The van der Waals surface area contributed by atoms with E-state index >= 15 is 0 Å². The van der Waals surface area contributed by atoms with Crippen LogP contribution in [0.3, 0.4) is 0 Å². The number of rotatable bonds is 6. The van der Waals surface area contributed by atoms with Gasteiger partial charge in [0.25, 0.3) is 0 Å². The van der Waals surface area contributed by atoms with E-state index < -0.39 is 0 Å². The molecule has 0 spiro atoms. The van der Waals surface area contributed by atoms with Crippen molar-refractivity contribution >= 4 is 50.1 Å². The largest absolute Gasteiger partial charge is 0.456 e. The highest BCUT2D eigenvalue weighted by Crippen LogP contribution is 2.61. The number of hydrogen-bond acceptors (Lipinski definition) is 4. The van der Waals surface area contributed by atoms with Gasteiger partial charge in [-0.15, -0.1) is 0 Å². The molecule has 6 aromatic carbocycles. The summed E-state index contributed by atoms with van der Waals surface area (Å²) in [5.41, 5.74) is 11.9. The Morgan fingerprint density at radius 3 is 1.88 bits per heavy atom. The maximum absolute atomic E-state index is 6.59. The number of para-hydroxylation sites is 2. The van der Waals surface area contributed by atoms with E-state index in [9.17, 15) is 0 Å². The van der Waals surface area contributed by atoms with E-state index in [1.54, 1.807) is 5.56 Å². The Labute approximate surface area is 297 Å². The van der Waals surface area contributed by atoms with Gasteiger partial charge in [-0.2, -0.15) is 0 Å². The smallest absolute Gasteiger partial charge is 0.228 e. The summed E-state index contributed by atoms with van der Waals surface area (Å²) in [6, 6.07) is 49.8. The van der Waals surface area contributed by atoms with Crippen LogP contribution in [0.4, 0.5) is 17.1 Å². The summed E-state index contributed by atoms with van der Waals surface area (Å²) in [4.78, 5) is 7.19. The summed E-state index contributed by atoms with van der Waals surface area (Å²) >= 11 is 0. The molecule has 4 aliphatic rings. The average molecular weight is 663 g/mol. The molecule has 4 bridgehead atoms. The summed E-state index contributed by atoms with van der Waals surface area (Å²) in [7, 11) is 0. The molecule has 2 aromatic heterocycles. The first-order valence-electron chi connectivity index (χ1n) is 18.5. The summed E-state index contributed by atoms with van der Waals surface area (Å²) < 4.78 is 12.8. The van der Waals surface area contributed by atoms with Crippen LogP contribution in [0.1, 0.15) is 44.1 Å². The fourth-order valence-electron chi connectivity index (χ4n) is 10.4. The second-order valence-electron chi connectivity index (χ2n) is 15.4. The van der Waals surface area contributed by atoms with Gasteiger partial charge in [0.1, 0.15) is 16.7 Å².